The third-order valence-corrected chi connectivity index (χ3v) is 4.05. The molecule has 158 valence electrons. The lowest BCUT2D eigenvalue weighted by Crippen LogP contribution is -2.25. The second-order valence-electron chi connectivity index (χ2n) is 6.16. The SMILES string of the molecule is CCOc1ccc(NC(=O)COC(=O)Cn2c(=O)oc3ccccc32)cc1OCC. The van der Waals surface area contributed by atoms with Crippen LogP contribution < -0.4 is 20.5 Å². The summed E-state index contributed by atoms with van der Waals surface area (Å²) in [4.78, 5) is 36.1. The Bertz CT molecular complexity index is 1100. The molecule has 0 saturated heterocycles. The van der Waals surface area contributed by atoms with Gasteiger partial charge in [0.05, 0.1) is 18.7 Å². The first-order valence-corrected chi connectivity index (χ1v) is 9.45. The van der Waals surface area contributed by atoms with Crippen molar-refractivity contribution in [3.05, 3.63) is 53.0 Å². The average Bonchev–Trinajstić information content (AvgIpc) is 3.04. The number of anilines is 1. The van der Waals surface area contributed by atoms with Gasteiger partial charge in [-0.3, -0.25) is 14.2 Å². The lowest BCUT2D eigenvalue weighted by molar-refractivity contribution is -0.147. The van der Waals surface area contributed by atoms with E-state index in [1.165, 1.54) is 0 Å². The molecule has 0 aliphatic rings. The molecule has 0 bridgehead atoms. The van der Waals surface area contributed by atoms with Crippen molar-refractivity contribution in [2.24, 2.45) is 0 Å². The van der Waals surface area contributed by atoms with Crippen LogP contribution in [0.1, 0.15) is 13.8 Å². The molecule has 9 nitrogen and oxygen atoms in total. The number of ether oxygens (including phenoxy) is 3. The van der Waals surface area contributed by atoms with E-state index in [1.54, 1.807) is 42.5 Å². The normalized spacial score (nSPS) is 10.6. The Morgan fingerprint density at radius 2 is 1.77 bits per heavy atom. The monoisotopic (exact) mass is 414 g/mol. The molecule has 1 heterocycles. The van der Waals surface area contributed by atoms with E-state index in [1.807, 2.05) is 13.8 Å². The molecule has 0 unspecified atom stereocenters. The summed E-state index contributed by atoms with van der Waals surface area (Å²) in [7, 11) is 0. The van der Waals surface area contributed by atoms with Crippen molar-refractivity contribution in [2.45, 2.75) is 20.4 Å². The zero-order valence-corrected chi connectivity index (χ0v) is 16.7. The van der Waals surface area contributed by atoms with Crippen molar-refractivity contribution in [1.29, 1.82) is 0 Å². The maximum atomic E-state index is 12.1. The number of carbonyl (C=O) groups is 2. The number of esters is 1. The van der Waals surface area contributed by atoms with Crippen LogP contribution in [0.4, 0.5) is 5.69 Å². The quantitative estimate of drug-likeness (QED) is 0.536. The minimum Gasteiger partial charge on any atom is -0.490 e. The van der Waals surface area contributed by atoms with E-state index in [4.69, 9.17) is 18.6 Å². The molecule has 30 heavy (non-hydrogen) atoms. The highest BCUT2D eigenvalue weighted by molar-refractivity contribution is 5.93. The molecule has 0 saturated carbocycles. The summed E-state index contributed by atoms with van der Waals surface area (Å²) in [6, 6.07) is 11.7. The van der Waals surface area contributed by atoms with Gasteiger partial charge in [0.25, 0.3) is 5.91 Å². The van der Waals surface area contributed by atoms with E-state index in [0.717, 1.165) is 4.57 Å². The Kier molecular flexibility index (Phi) is 6.74. The molecular formula is C21H22N2O7. The fourth-order valence-corrected chi connectivity index (χ4v) is 2.81. The molecule has 0 aliphatic heterocycles. The number of benzene rings is 2. The lowest BCUT2D eigenvalue weighted by atomic mass is 10.2. The minimum atomic E-state index is -0.736. The summed E-state index contributed by atoms with van der Waals surface area (Å²) in [5, 5.41) is 2.63. The molecule has 0 fully saturated rings. The molecule has 1 amide bonds. The lowest BCUT2D eigenvalue weighted by Gasteiger charge is -2.13. The molecule has 3 aromatic rings. The van der Waals surface area contributed by atoms with Gasteiger partial charge in [-0.15, -0.1) is 0 Å². The zero-order valence-electron chi connectivity index (χ0n) is 16.7. The molecule has 3 rings (SSSR count). The highest BCUT2D eigenvalue weighted by Gasteiger charge is 2.15. The van der Waals surface area contributed by atoms with Crippen molar-refractivity contribution in [3.63, 3.8) is 0 Å². The van der Waals surface area contributed by atoms with Gasteiger partial charge in [-0.1, -0.05) is 12.1 Å². The Hall–Kier alpha value is -3.75. The van der Waals surface area contributed by atoms with Crippen LogP contribution in [0.5, 0.6) is 11.5 Å². The van der Waals surface area contributed by atoms with Gasteiger partial charge in [0.2, 0.25) is 0 Å². The maximum absolute atomic E-state index is 12.1. The molecule has 0 spiro atoms. The van der Waals surface area contributed by atoms with Gasteiger partial charge >= 0.3 is 11.7 Å². The van der Waals surface area contributed by atoms with Crippen LogP contribution >= 0.6 is 0 Å². The predicted molar refractivity (Wildman–Crippen MR) is 109 cm³/mol. The van der Waals surface area contributed by atoms with E-state index in [2.05, 4.69) is 5.32 Å². The fourth-order valence-electron chi connectivity index (χ4n) is 2.81. The molecule has 0 atom stereocenters. The maximum Gasteiger partial charge on any atom is 0.420 e. The Labute approximate surface area is 172 Å². The van der Waals surface area contributed by atoms with E-state index >= 15 is 0 Å². The van der Waals surface area contributed by atoms with Gasteiger partial charge in [0, 0.05) is 11.8 Å². The topological polar surface area (TPSA) is 109 Å². The van der Waals surface area contributed by atoms with Crippen LogP contribution in [0.3, 0.4) is 0 Å². The van der Waals surface area contributed by atoms with E-state index in [-0.39, 0.29) is 6.54 Å². The van der Waals surface area contributed by atoms with Crippen molar-refractivity contribution >= 4 is 28.7 Å². The summed E-state index contributed by atoms with van der Waals surface area (Å²) in [6.07, 6.45) is 0. The second-order valence-corrected chi connectivity index (χ2v) is 6.16. The number of amides is 1. The van der Waals surface area contributed by atoms with Crippen molar-refractivity contribution in [2.75, 3.05) is 25.1 Å². The molecule has 1 N–H and O–H groups in total. The highest BCUT2D eigenvalue weighted by Crippen LogP contribution is 2.30. The molecule has 2 aromatic carbocycles. The summed E-state index contributed by atoms with van der Waals surface area (Å²) in [6.45, 7) is 3.77. The van der Waals surface area contributed by atoms with Crippen LogP contribution in [-0.4, -0.2) is 36.3 Å². The molecule has 0 aliphatic carbocycles. The van der Waals surface area contributed by atoms with Crippen LogP contribution in [0.25, 0.3) is 11.1 Å². The van der Waals surface area contributed by atoms with Crippen LogP contribution in [0, 0.1) is 0 Å². The van der Waals surface area contributed by atoms with Crippen LogP contribution in [-0.2, 0) is 20.9 Å². The molecule has 9 heteroatoms. The third-order valence-electron chi connectivity index (χ3n) is 4.05. The van der Waals surface area contributed by atoms with Crippen LogP contribution in [0.15, 0.2) is 51.7 Å². The first-order valence-electron chi connectivity index (χ1n) is 9.45. The number of fused-ring (bicyclic) bond motifs is 1. The third kappa shape index (κ3) is 4.99. The largest absolute Gasteiger partial charge is 0.490 e. The average molecular weight is 414 g/mol. The number of carbonyl (C=O) groups excluding carboxylic acids is 2. The van der Waals surface area contributed by atoms with Crippen molar-refractivity contribution < 1.29 is 28.2 Å². The second kappa shape index (κ2) is 9.64. The Balaban J connectivity index is 1.57. The number of hydrogen-bond donors (Lipinski definition) is 1. The number of para-hydroxylation sites is 2. The summed E-state index contributed by atoms with van der Waals surface area (Å²) < 4.78 is 22.2. The molecule has 0 radical (unpaired) electrons. The first kappa shape index (κ1) is 21.0. The Morgan fingerprint density at radius 1 is 1.03 bits per heavy atom. The van der Waals surface area contributed by atoms with Gasteiger partial charge in [0.15, 0.2) is 23.7 Å². The van der Waals surface area contributed by atoms with Crippen molar-refractivity contribution in [3.8, 4) is 11.5 Å². The fraction of sp³-hybridized carbons (Fsp3) is 0.286. The summed E-state index contributed by atoms with van der Waals surface area (Å²) in [5.74, 6) is -0.864. The molecular weight excluding hydrogens is 392 g/mol. The number of nitrogens with one attached hydrogen (secondary N) is 1. The van der Waals surface area contributed by atoms with E-state index in [9.17, 15) is 14.4 Å². The minimum absolute atomic E-state index is 0.360. The van der Waals surface area contributed by atoms with E-state index < -0.39 is 24.2 Å². The first-order chi connectivity index (χ1) is 14.5. The summed E-state index contributed by atoms with van der Waals surface area (Å²) in [5.41, 5.74) is 1.32. The number of rotatable bonds is 9. The highest BCUT2D eigenvalue weighted by atomic mass is 16.5. The van der Waals surface area contributed by atoms with E-state index in [0.29, 0.717) is 41.5 Å². The molecule has 1 aromatic heterocycles. The summed E-state index contributed by atoms with van der Waals surface area (Å²) >= 11 is 0. The predicted octanol–water partition coefficient (Wildman–Crippen LogP) is 2.57. The number of nitrogens with zero attached hydrogens (tertiary/aromatic N) is 1. The Morgan fingerprint density at radius 3 is 2.53 bits per heavy atom. The van der Waals surface area contributed by atoms with Gasteiger partial charge in [-0.2, -0.15) is 0 Å². The standard InChI is InChI=1S/C21H22N2O7/c1-3-27-17-10-9-14(11-18(17)28-4-2)22-19(24)13-29-20(25)12-23-15-7-5-6-8-16(15)30-21(23)26/h5-11H,3-4,12-13H2,1-2H3,(H,22,24). The van der Waals surface area contributed by atoms with Crippen LogP contribution in [0.2, 0.25) is 0 Å². The van der Waals surface area contributed by atoms with Gasteiger partial charge < -0.3 is 23.9 Å². The van der Waals surface area contributed by atoms with Gasteiger partial charge in [0.1, 0.15) is 6.54 Å². The van der Waals surface area contributed by atoms with Gasteiger partial charge in [-0.05, 0) is 38.1 Å². The zero-order chi connectivity index (χ0) is 21.5. The smallest absolute Gasteiger partial charge is 0.420 e. The number of aromatic nitrogens is 1. The number of oxazole rings is 1. The van der Waals surface area contributed by atoms with Crippen molar-refractivity contribution in [1.82, 2.24) is 4.57 Å². The number of hydrogen-bond acceptors (Lipinski definition) is 7. The van der Waals surface area contributed by atoms with Gasteiger partial charge in [-0.25, -0.2) is 4.79 Å².